The largest absolute Gasteiger partial charge is 0.479 e. The second-order valence-electron chi connectivity index (χ2n) is 9.65. The lowest BCUT2D eigenvalue weighted by Crippen LogP contribution is -2.55. The number of nitrogens with zero attached hydrogens (tertiary/aromatic N) is 2. The molecule has 3 atom stereocenters. The molecule has 3 aliphatic rings. The van der Waals surface area contributed by atoms with Crippen molar-refractivity contribution in [2.24, 2.45) is 0 Å². The molecule has 2 bridgehead atoms. The molecule has 8 nitrogen and oxygen atoms in total. The van der Waals surface area contributed by atoms with Crippen LogP contribution < -0.4 is 5.32 Å². The Kier molecular flexibility index (Phi) is 2.96. The van der Waals surface area contributed by atoms with E-state index in [1.165, 1.54) is 0 Å². The predicted molar refractivity (Wildman–Crippen MR) is 125 cm³/mol. The Labute approximate surface area is 191 Å². The molecule has 5 heterocycles. The molecule has 8 heteroatoms. The average Bonchev–Trinajstić information content (AvgIpc) is 3.51. The Morgan fingerprint density at radius 1 is 1.06 bits per heavy atom. The molecule has 1 fully saturated rings. The number of benzene rings is 3. The predicted octanol–water partition coefficient (Wildman–Crippen LogP) is 3.57. The van der Waals surface area contributed by atoms with Gasteiger partial charge in [-0.25, -0.2) is 4.79 Å². The minimum absolute atomic E-state index is 0.111. The van der Waals surface area contributed by atoms with Crippen molar-refractivity contribution in [3.8, 4) is 0 Å². The number of amides is 1. The number of para-hydroxylation sites is 2. The number of hydrogen-bond acceptors (Lipinski definition) is 4. The molecular formula is C26H19N3O5. The number of hydrogen-bond donors (Lipinski definition) is 3. The van der Waals surface area contributed by atoms with Crippen LogP contribution in [0.3, 0.4) is 0 Å². The zero-order chi connectivity index (χ0) is 23.1. The molecule has 2 aromatic heterocycles. The summed E-state index contributed by atoms with van der Waals surface area (Å²) in [5.41, 5.74) is 1.05. The Hall–Kier alpha value is -3.88. The first kappa shape index (κ1) is 18.5. The summed E-state index contributed by atoms with van der Waals surface area (Å²) in [6.07, 6.45) is -0.846. The van der Waals surface area contributed by atoms with Gasteiger partial charge in [0.25, 0.3) is 5.91 Å². The smallest absolute Gasteiger partial charge is 0.341 e. The number of aromatic nitrogens is 2. The van der Waals surface area contributed by atoms with Crippen LogP contribution >= 0.6 is 0 Å². The third-order valence-corrected chi connectivity index (χ3v) is 8.19. The molecule has 0 spiro atoms. The van der Waals surface area contributed by atoms with Crippen LogP contribution in [-0.2, 0) is 21.8 Å². The van der Waals surface area contributed by atoms with Gasteiger partial charge in [0, 0.05) is 34.5 Å². The number of carbonyl (C=O) groups excluding carboxylic acids is 1. The van der Waals surface area contributed by atoms with E-state index in [2.05, 4.69) is 5.32 Å². The van der Waals surface area contributed by atoms with Crippen molar-refractivity contribution in [2.75, 3.05) is 0 Å². The summed E-state index contributed by atoms with van der Waals surface area (Å²) in [4.78, 5) is 25.7. The standard InChI is InChI=1S/C26H19N3O5/c1-25-26(33,24(31)32)10-17(34-25)28-15-8-4-2-6-12(15)19-20-14(11-27-23(20)30)18-13-7-3-5-9-16(13)29(25)22(18)21(19)28/h2-9,17,33H,10-11H2,1H3,(H,27,30)(H,31,32)/t17-,25+,26+/m1/s1. The van der Waals surface area contributed by atoms with Crippen molar-refractivity contribution in [1.29, 1.82) is 0 Å². The molecule has 0 unspecified atom stereocenters. The van der Waals surface area contributed by atoms with E-state index in [0.717, 1.165) is 49.2 Å². The van der Waals surface area contributed by atoms with E-state index in [1.807, 2.05) is 57.7 Å². The molecule has 168 valence electrons. The second kappa shape index (κ2) is 5.43. The minimum atomic E-state index is -2.16. The number of rotatable bonds is 1. The van der Waals surface area contributed by atoms with Crippen LogP contribution in [0, 0.1) is 0 Å². The average molecular weight is 453 g/mol. The molecule has 3 N–H and O–H groups in total. The van der Waals surface area contributed by atoms with Gasteiger partial charge < -0.3 is 29.4 Å². The molecular weight excluding hydrogens is 434 g/mol. The summed E-state index contributed by atoms with van der Waals surface area (Å²) in [6.45, 7) is 2.04. The Morgan fingerprint density at radius 3 is 2.47 bits per heavy atom. The molecule has 3 aliphatic heterocycles. The van der Waals surface area contributed by atoms with Crippen molar-refractivity contribution in [3.05, 3.63) is 59.7 Å². The van der Waals surface area contributed by atoms with Crippen LogP contribution in [0.25, 0.3) is 43.6 Å². The van der Waals surface area contributed by atoms with Gasteiger partial charge in [-0.3, -0.25) is 4.79 Å². The van der Waals surface area contributed by atoms with Crippen LogP contribution in [0.2, 0.25) is 0 Å². The van der Waals surface area contributed by atoms with E-state index in [4.69, 9.17) is 4.74 Å². The molecule has 5 aromatic rings. The van der Waals surface area contributed by atoms with E-state index in [9.17, 15) is 19.8 Å². The lowest BCUT2D eigenvalue weighted by Gasteiger charge is -2.36. The van der Waals surface area contributed by atoms with Gasteiger partial charge in [-0.1, -0.05) is 36.4 Å². The molecule has 8 rings (SSSR count). The zero-order valence-electron chi connectivity index (χ0n) is 18.1. The topological polar surface area (TPSA) is 106 Å². The summed E-state index contributed by atoms with van der Waals surface area (Å²) >= 11 is 0. The van der Waals surface area contributed by atoms with Gasteiger partial charge in [0.15, 0.2) is 5.72 Å². The van der Waals surface area contributed by atoms with E-state index in [0.29, 0.717) is 12.1 Å². The van der Waals surface area contributed by atoms with Crippen molar-refractivity contribution < 1.29 is 24.5 Å². The lowest BCUT2D eigenvalue weighted by atomic mass is 9.89. The molecule has 0 aliphatic carbocycles. The second-order valence-corrected chi connectivity index (χ2v) is 9.65. The van der Waals surface area contributed by atoms with Crippen LogP contribution in [0.1, 0.15) is 35.5 Å². The van der Waals surface area contributed by atoms with Crippen molar-refractivity contribution >= 4 is 55.5 Å². The van der Waals surface area contributed by atoms with E-state index in [1.54, 1.807) is 6.92 Å². The number of ether oxygens (including phenoxy) is 1. The zero-order valence-corrected chi connectivity index (χ0v) is 18.1. The number of aliphatic carboxylic acids is 1. The van der Waals surface area contributed by atoms with Crippen LogP contribution in [-0.4, -0.2) is 36.8 Å². The summed E-state index contributed by atoms with van der Waals surface area (Å²) in [7, 11) is 0. The monoisotopic (exact) mass is 453 g/mol. The minimum Gasteiger partial charge on any atom is -0.479 e. The third-order valence-electron chi connectivity index (χ3n) is 8.19. The molecule has 1 saturated heterocycles. The van der Waals surface area contributed by atoms with E-state index in [-0.39, 0.29) is 12.3 Å². The van der Waals surface area contributed by atoms with Crippen LogP contribution in [0.4, 0.5) is 0 Å². The fourth-order valence-electron chi connectivity index (χ4n) is 6.73. The quantitative estimate of drug-likeness (QED) is 0.360. The number of nitrogens with one attached hydrogen (secondary N) is 1. The fourth-order valence-corrected chi connectivity index (χ4v) is 6.73. The highest BCUT2D eigenvalue weighted by Crippen LogP contribution is 2.57. The Balaban J connectivity index is 1.77. The summed E-state index contributed by atoms with van der Waals surface area (Å²) in [5.74, 6) is -1.43. The molecule has 1 amide bonds. The van der Waals surface area contributed by atoms with Gasteiger partial charge in [-0.15, -0.1) is 0 Å². The number of aliphatic hydroxyl groups is 1. The first-order chi connectivity index (χ1) is 16.4. The maximum Gasteiger partial charge on any atom is 0.341 e. The Bertz CT molecular complexity index is 1810. The van der Waals surface area contributed by atoms with Gasteiger partial charge in [0.1, 0.15) is 6.23 Å². The van der Waals surface area contributed by atoms with Crippen molar-refractivity contribution in [3.63, 3.8) is 0 Å². The van der Waals surface area contributed by atoms with Gasteiger partial charge in [-0.05, 0) is 24.6 Å². The number of carbonyl (C=O) groups is 2. The number of carboxylic acids is 1. The first-order valence-electron chi connectivity index (χ1n) is 11.3. The molecule has 3 aromatic carbocycles. The highest BCUT2D eigenvalue weighted by atomic mass is 16.6. The molecule has 34 heavy (non-hydrogen) atoms. The number of carboxylic acid groups (broad SMARTS) is 1. The maximum absolute atomic E-state index is 13.2. The van der Waals surface area contributed by atoms with Crippen LogP contribution in [0.5, 0.6) is 0 Å². The molecule has 0 radical (unpaired) electrons. The Morgan fingerprint density at radius 2 is 1.74 bits per heavy atom. The summed E-state index contributed by atoms with van der Waals surface area (Å²) < 4.78 is 10.4. The van der Waals surface area contributed by atoms with Crippen molar-refractivity contribution in [2.45, 2.75) is 37.4 Å². The highest BCUT2D eigenvalue weighted by Gasteiger charge is 2.65. The third kappa shape index (κ3) is 1.71. The SMILES string of the molecule is C[C@]12O[C@H](C[C@]1(O)C(=O)O)n1c3ccccc3c3c4c(c5c6ccccc6n2c5c31)CNC4=O. The van der Waals surface area contributed by atoms with Crippen molar-refractivity contribution in [1.82, 2.24) is 14.5 Å². The number of fused-ring (bicyclic) bond motifs is 13. The lowest BCUT2D eigenvalue weighted by molar-refractivity contribution is -0.200. The van der Waals surface area contributed by atoms with Crippen LogP contribution in [0.15, 0.2) is 48.5 Å². The first-order valence-corrected chi connectivity index (χ1v) is 11.3. The molecule has 0 saturated carbocycles. The maximum atomic E-state index is 13.2. The van der Waals surface area contributed by atoms with Gasteiger partial charge in [0.05, 0.1) is 27.6 Å². The van der Waals surface area contributed by atoms with Gasteiger partial charge >= 0.3 is 5.97 Å². The van der Waals surface area contributed by atoms with Gasteiger partial charge in [0.2, 0.25) is 5.60 Å². The highest BCUT2D eigenvalue weighted by molar-refractivity contribution is 6.31. The summed E-state index contributed by atoms with van der Waals surface area (Å²) in [6, 6.07) is 15.5. The van der Waals surface area contributed by atoms with Gasteiger partial charge in [-0.2, -0.15) is 0 Å². The van der Waals surface area contributed by atoms with E-state index < -0.39 is 23.5 Å². The normalized spacial score (nSPS) is 27.2. The summed E-state index contributed by atoms with van der Waals surface area (Å²) in [5, 5.41) is 28.4. The van der Waals surface area contributed by atoms with E-state index >= 15 is 0 Å². The fraction of sp³-hybridized carbons (Fsp3) is 0.231.